The highest BCUT2D eigenvalue weighted by Crippen LogP contribution is 2.04. The largest absolute Gasteiger partial charge is 0.389 e. The average Bonchev–Trinajstić information content (AvgIpc) is 1.97. The molecule has 0 rings (SSSR count). The molecule has 0 atom stereocenters. The molecule has 0 aliphatic carbocycles. The van der Waals surface area contributed by atoms with Crippen molar-refractivity contribution in [1.29, 1.82) is 0 Å². The fourth-order valence-electron chi connectivity index (χ4n) is 0.942. The van der Waals surface area contributed by atoms with Crippen LogP contribution in [0.25, 0.3) is 0 Å². The SMILES string of the molecule is C=CC(=O)N(CC)CC(C)(C)O. The Morgan fingerprint density at radius 3 is 2.42 bits per heavy atom. The van der Waals surface area contributed by atoms with Gasteiger partial charge in [0.05, 0.1) is 5.60 Å². The van der Waals surface area contributed by atoms with E-state index in [2.05, 4.69) is 6.58 Å². The van der Waals surface area contributed by atoms with Crippen LogP contribution < -0.4 is 0 Å². The monoisotopic (exact) mass is 171 g/mol. The standard InChI is InChI=1S/C9H17NO2/c1-5-8(11)10(6-2)7-9(3,4)12/h5,12H,1,6-7H2,2-4H3. The first-order valence-corrected chi connectivity index (χ1v) is 4.04. The Kier molecular flexibility index (Phi) is 3.96. The minimum absolute atomic E-state index is 0.139. The molecule has 0 fully saturated rings. The molecule has 0 aliphatic rings. The lowest BCUT2D eigenvalue weighted by atomic mass is 10.1. The second-order valence-electron chi connectivity index (χ2n) is 3.37. The average molecular weight is 171 g/mol. The number of carbonyl (C=O) groups excluding carboxylic acids is 1. The van der Waals surface area contributed by atoms with E-state index in [1.807, 2.05) is 6.92 Å². The number of aliphatic hydroxyl groups is 1. The van der Waals surface area contributed by atoms with E-state index in [1.165, 1.54) is 6.08 Å². The third-order valence-corrected chi connectivity index (χ3v) is 1.45. The molecule has 0 aliphatic heterocycles. The molecule has 1 N–H and O–H groups in total. The third-order valence-electron chi connectivity index (χ3n) is 1.45. The summed E-state index contributed by atoms with van der Waals surface area (Å²) in [5.74, 6) is -0.139. The minimum Gasteiger partial charge on any atom is -0.389 e. The van der Waals surface area contributed by atoms with Crippen molar-refractivity contribution in [3.05, 3.63) is 12.7 Å². The zero-order chi connectivity index (χ0) is 9.78. The van der Waals surface area contributed by atoms with Crippen molar-refractivity contribution in [3.8, 4) is 0 Å². The minimum atomic E-state index is -0.839. The van der Waals surface area contributed by atoms with Crippen molar-refractivity contribution in [2.75, 3.05) is 13.1 Å². The van der Waals surface area contributed by atoms with Gasteiger partial charge in [-0.15, -0.1) is 0 Å². The maximum atomic E-state index is 11.1. The molecule has 12 heavy (non-hydrogen) atoms. The van der Waals surface area contributed by atoms with E-state index in [-0.39, 0.29) is 5.91 Å². The molecule has 0 aromatic heterocycles. The van der Waals surface area contributed by atoms with Crippen molar-refractivity contribution in [1.82, 2.24) is 4.90 Å². The number of hydrogen-bond donors (Lipinski definition) is 1. The first kappa shape index (κ1) is 11.2. The summed E-state index contributed by atoms with van der Waals surface area (Å²) in [6.07, 6.45) is 1.26. The number of hydrogen-bond acceptors (Lipinski definition) is 2. The van der Waals surface area contributed by atoms with Crippen LogP contribution in [0.3, 0.4) is 0 Å². The van der Waals surface area contributed by atoms with E-state index in [0.717, 1.165) is 0 Å². The lowest BCUT2D eigenvalue weighted by molar-refractivity contribution is -0.128. The highest BCUT2D eigenvalue weighted by molar-refractivity contribution is 5.87. The molecule has 3 heteroatoms. The molecule has 0 aromatic carbocycles. The van der Waals surface area contributed by atoms with Crippen molar-refractivity contribution in [2.45, 2.75) is 26.4 Å². The lowest BCUT2D eigenvalue weighted by Gasteiger charge is -2.26. The van der Waals surface area contributed by atoms with E-state index < -0.39 is 5.60 Å². The van der Waals surface area contributed by atoms with Gasteiger partial charge in [-0.1, -0.05) is 6.58 Å². The highest BCUT2D eigenvalue weighted by Gasteiger charge is 2.19. The summed E-state index contributed by atoms with van der Waals surface area (Å²) in [7, 11) is 0. The van der Waals surface area contributed by atoms with Gasteiger partial charge < -0.3 is 10.0 Å². The number of nitrogens with zero attached hydrogens (tertiary/aromatic N) is 1. The summed E-state index contributed by atoms with van der Waals surface area (Å²) in [5, 5.41) is 9.44. The Bertz CT molecular complexity index is 170. The van der Waals surface area contributed by atoms with Gasteiger partial charge in [0, 0.05) is 13.1 Å². The summed E-state index contributed by atoms with van der Waals surface area (Å²) in [4.78, 5) is 12.7. The van der Waals surface area contributed by atoms with Crippen LogP contribution in [0.2, 0.25) is 0 Å². The van der Waals surface area contributed by atoms with Gasteiger partial charge in [0.1, 0.15) is 0 Å². The predicted octanol–water partition coefficient (Wildman–Crippen LogP) is 0.792. The van der Waals surface area contributed by atoms with E-state index >= 15 is 0 Å². The van der Waals surface area contributed by atoms with E-state index in [4.69, 9.17) is 0 Å². The number of rotatable bonds is 4. The zero-order valence-electron chi connectivity index (χ0n) is 8.00. The summed E-state index contributed by atoms with van der Waals surface area (Å²) >= 11 is 0. The predicted molar refractivity (Wildman–Crippen MR) is 48.7 cm³/mol. The highest BCUT2D eigenvalue weighted by atomic mass is 16.3. The zero-order valence-corrected chi connectivity index (χ0v) is 8.00. The number of carbonyl (C=O) groups is 1. The van der Waals surface area contributed by atoms with Gasteiger partial charge in [0.2, 0.25) is 5.91 Å². The van der Waals surface area contributed by atoms with Crippen LogP contribution in [-0.4, -0.2) is 34.6 Å². The van der Waals surface area contributed by atoms with Gasteiger partial charge in [-0.3, -0.25) is 4.79 Å². The smallest absolute Gasteiger partial charge is 0.246 e. The molecule has 70 valence electrons. The quantitative estimate of drug-likeness (QED) is 0.635. The molecular weight excluding hydrogens is 154 g/mol. The number of likely N-dealkylation sites (N-methyl/N-ethyl adjacent to an activating group) is 1. The maximum absolute atomic E-state index is 11.1. The van der Waals surface area contributed by atoms with Gasteiger partial charge in [0.25, 0.3) is 0 Å². The Hall–Kier alpha value is -0.830. The van der Waals surface area contributed by atoms with Crippen LogP contribution in [0.5, 0.6) is 0 Å². The van der Waals surface area contributed by atoms with Gasteiger partial charge in [-0.25, -0.2) is 0 Å². The Balaban J connectivity index is 4.18. The fourth-order valence-corrected chi connectivity index (χ4v) is 0.942. The van der Waals surface area contributed by atoms with E-state index in [0.29, 0.717) is 13.1 Å². The van der Waals surface area contributed by atoms with Gasteiger partial charge in [-0.05, 0) is 26.8 Å². The van der Waals surface area contributed by atoms with Crippen LogP contribution in [0.1, 0.15) is 20.8 Å². The Labute approximate surface area is 73.7 Å². The van der Waals surface area contributed by atoms with Crippen molar-refractivity contribution < 1.29 is 9.90 Å². The second-order valence-corrected chi connectivity index (χ2v) is 3.37. The molecule has 0 unspecified atom stereocenters. The van der Waals surface area contributed by atoms with Gasteiger partial charge in [-0.2, -0.15) is 0 Å². The van der Waals surface area contributed by atoms with Crippen LogP contribution in [0, 0.1) is 0 Å². The molecule has 0 spiro atoms. The molecule has 0 aromatic rings. The molecule has 3 nitrogen and oxygen atoms in total. The van der Waals surface area contributed by atoms with Crippen molar-refractivity contribution >= 4 is 5.91 Å². The van der Waals surface area contributed by atoms with Crippen LogP contribution in [-0.2, 0) is 4.79 Å². The van der Waals surface area contributed by atoms with Crippen molar-refractivity contribution in [3.63, 3.8) is 0 Å². The summed E-state index contributed by atoms with van der Waals surface area (Å²) in [5.41, 5.74) is -0.839. The summed E-state index contributed by atoms with van der Waals surface area (Å²) in [6.45, 7) is 9.53. The van der Waals surface area contributed by atoms with Crippen molar-refractivity contribution in [2.24, 2.45) is 0 Å². The first-order chi connectivity index (χ1) is 5.40. The summed E-state index contributed by atoms with van der Waals surface area (Å²) in [6, 6.07) is 0. The molecule has 1 amide bonds. The Morgan fingerprint density at radius 2 is 2.17 bits per heavy atom. The molecule has 0 saturated carbocycles. The first-order valence-electron chi connectivity index (χ1n) is 4.04. The molecule has 0 radical (unpaired) electrons. The van der Waals surface area contributed by atoms with Crippen LogP contribution in [0.15, 0.2) is 12.7 Å². The van der Waals surface area contributed by atoms with Crippen LogP contribution in [0.4, 0.5) is 0 Å². The van der Waals surface area contributed by atoms with Gasteiger partial charge >= 0.3 is 0 Å². The topological polar surface area (TPSA) is 40.5 Å². The molecule has 0 bridgehead atoms. The van der Waals surface area contributed by atoms with E-state index in [9.17, 15) is 9.90 Å². The number of amides is 1. The maximum Gasteiger partial charge on any atom is 0.246 e. The molecular formula is C9H17NO2. The summed E-state index contributed by atoms with van der Waals surface area (Å²) < 4.78 is 0. The fraction of sp³-hybridized carbons (Fsp3) is 0.667. The Morgan fingerprint density at radius 1 is 1.67 bits per heavy atom. The molecule has 0 saturated heterocycles. The molecule has 0 heterocycles. The van der Waals surface area contributed by atoms with E-state index in [1.54, 1.807) is 18.7 Å². The van der Waals surface area contributed by atoms with Crippen LogP contribution >= 0.6 is 0 Å². The third kappa shape index (κ3) is 4.13. The lowest BCUT2D eigenvalue weighted by Crippen LogP contribution is -2.41. The normalized spacial score (nSPS) is 11.0. The second kappa shape index (κ2) is 4.26. The van der Waals surface area contributed by atoms with Gasteiger partial charge in [0.15, 0.2) is 0 Å².